The predicted molar refractivity (Wildman–Crippen MR) is 69.3 cm³/mol. The first kappa shape index (κ1) is 11.9. The number of nitrogens with zero attached hydrogens (tertiary/aromatic N) is 1. The molecule has 0 spiro atoms. The molecule has 2 atom stereocenters. The van der Waals surface area contributed by atoms with Gasteiger partial charge in [-0.2, -0.15) is 0 Å². The molecule has 0 bridgehead atoms. The summed E-state index contributed by atoms with van der Waals surface area (Å²) < 4.78 is 14.6. The minimum Gasteiger partial charge on any atom is -0.369 e. The second-order valence-corrected chi connectivity index (χ2v) is 5.86. The van der Waals surface area contributed by atoms with E-state index in [0.29, 0.717) is 11.8 Å². The molecule has 0 aliphatic carbocycles. The molecule has 1 fully saturated rings. The number of halogens is 2. The van der Waals surface area contributed by atoms with Gasteiger partial charge in [0.05, 0.1) is 5.69 Å². The molecule has 2 rings (SSSR count). The molecule has 0 radical (unpaired) electrons. The van der Waals surface area contributed by atoms with E-state index in [-0.39, 0.29) is 5.82 Å². The lowest BCUT2D eigenvalue weighted by Crippen LogP contribution is -2.39. The Morgan fingerprint density at radius 3 is 2.44 bits per heavy atom. The maximum atomic E-state index is 13.8. The molecule has 1 aromatic carbocycles. The topological polar surface area (TPSA) is 3.24 Å². The summed E-state index contributed by atoms with van der Waals surface area (Å²) in [5.41, 5.74) is 0.738. The van der Waals surface area contributed by atoms with Gasteiger partial charge in [-0.05, 0) is 36.5 Å². The van der Waals surface area contributed by atoms with Crippen LogP contribution in [0.3, 0.4) is 0 Å². The fraction of sp³-hybridized carbons (Fsp3) is 0.538. The second-order valence-electron chi connectivity index (χ2n) is 4.95. The van der Waals surface area contributed by atoms with Gasteiger partial charge < -0.3 is 4.90 Å². The van der Waals surface area contributed by atoms with Crippen molar-refractivity contribution in [2.75, 3.05) is 18.0 Å². The van der Waals surface area contributed by atoms with Crippen LogP contribution in [-0.4, -0.2) is 13.1 Å². The predicted octanol–water partition coefficient (Wildman–Crippen LogP) is 4.07. The molecule has 1 saturated heterocycles. The first-order valence-corrected chi connectivity index (χ1v) is 6.55. The van der Waals surface area contributed by atoms with Crippen molar-refractivity contribution in [1.82, 2.24) is 0 Å². The first-order chi connectivity index (χ1) is 7.56. The molecule has 0 saturated carbocycles. The van der Waals surface area contributed by atoms with E-state index < -0.39 is 0 Å². The third-order valence-electron chi connectivity index (χ3n) is 3.12. The molecule has 88 valence electrons. The van der Waals surface area contributed by atoms with Crippen molar-refractivity contribution in [2.24, 2.45) is 11.8 Å². The van der Waals surface area contributed by atoms with Gasteiger partial charge in [0.15, 0.2) is 0 Å². The molecule has 1 nitrogen and oxygen atoms in total. The van der Waals surface area contributed by atoms with Crippen molar-refractivity contribution >= 4 is 21.6 Å². The molecule has 1 aliphatic heterocycles. The van der Waals surface area contributed by atoms with Crippen LogP contribution in [0.15, 0.2) is 22.7 Å². The van der Waals surface area contributed by atoms with Crippen LogP contribution in [0.25, 0.3) is 0 Å². The van der Waals surface area contributed by atoms with Crippen LogP contribution in [0.5, 0.6) is 0 Å². The zero-order valence-electron chi connectivity index (χ0n) is 9.71. The van der Waals surface area contributed by atoms with E-state index in [0.717, 1.165) is 23.2 Å². The van der Waals surface area contributed by atoms with Gasteiger partial charge in [-0.25, -0.2) is 4.39 Å². The fourth-order valence-corrected chi connectivity index (χ4v) is 2.93. The normalized spacial score (nSPS) is 25.9. The summed E-state index contributed by atoms with van der Waals surface area (Å²) in [6.07, 6.45) is 1.24. The molecule has 0 amide bonds. The zero-order chi connectivity index (χ0) is 11.7. The highest BCUT2D eigenvalue weighted by molar-refractivity contribution is 9.10. The summed E-state index contributed by atoms with van der Waals surface area (Å²) in [6.45, 7) is 6.39. The third kappa shape index (κ3) is 2.57. The highest BCUT2D eigenvalue weighted by atomic mass is 79.9. The molecule has 0 unspecified atom stereocenters. The maximum absolute atomic E-state index is 13.8. The van der Waals surface area contributed by atoms with Gasteiger partial charge in [0.2, 0.25) is 0 Å². The van der Waals surface area contributed by atoms with Crippen molar-refractivity contribution in [3.05, 3.63) is 28.5 Å². The molecule has 0 N–H and O–H groups in total. The van der Waals surface area contributed by atoms with Gasteiger partial charge >= 0.3 is 0 Å². The monoisotopic (exact) mass is 285 g/mol. The van der Waals surface area contributed by atoms with E-state index in [2.05, 4.69) is 34.7 Å². The lowest BCUT2D eigenvalue weighted by molar-refractivity contribution is 0.354. The minimum atomic E-state index is -0.129. The minimum absolute atomic E-state index is 0.129. The summed E-state index contributed by atoms with van der Waals surface area (Å²) in [4.78, 5) is 2.17. The largest absolute Gasteiger partial charge is 0.369 e. The molecule has 3 heteroatoms. The molecule has 0 aromatic heterocycles. The molecular weight excluding hydrogens is 269 g/mol. The summed E-state index contributed by atoms with van der Waals surface area (Å²) in [5.74, 6) is 1.16. The number of anilines is 1. The van der Waals surface area contributed by atoms with Crippen LogP contribution in [0.1, 0.15) is 20.3 Å². The van der Waals surface area contributed by atoms with Crippen molar-refractivity contribution in [1.29, 1.82) is 0 Å². The van der Waals surface area contributed by atoms with E-state index in [1.165, 1.54) is 6.42 Å². The lowest BCUT2D eigenvalue weighted by Gasteiger charge is -2.36. The lowest BCUT2D eigenvalue weighted by atomic mass is 9.91. The number of rotatable bonds is 1. The summed E-state index contributed by atoms with van der Waals surface area (Å²) in [7, 11) is 0. The fourth-order valence-electron chi connectivity index (χ4n) is 2.60. The zero-order valence-corrected chi connectivity index (χ0v) is 11.3. The SMILES string of the molecule is C[C@@H]1C[C@H](C)CN(c2ccc(Br)cc2F)C1. The van der Waals surface area contributed by atoms with Gasteiger partial charge in [-0.3, -0.25) is 0 Å². The molecule has 1 heterocycles. The summed E-state index contributed by atoms with van der Waals surface area (Å²) in [5, 5.41) is 0. The van der Waals surface area contributed by atoms with Gasteiger partial charge in [0, 0.05) is 17.6 Å². The van der Waals surface area contributed by atoms with Gasteiger partial charge in [0.1, 0.15) is 5.82 Å². The highest BCUT2D eigenvalue weighted by Crippen LogP contribution is 2.29. The Kier molecular flexibility index (Phi) is 3.53. The number of benzene rings is 1. The van der Waals surface area contributed by atoms with Gasteiger partial charge in [-0.15, -0.1) is 0 Å². The average molecular weight is 286 g/mol. The van der Waals surface area contributed by atoms with E-state index in [1.54, 1.807) is 6.07 Å². The first-order valence-electron chi connectivity index (χ1n) is 5.76. The Balaban J connectivity index is 2.23. The number of hydrogen-bond acceptors (Lipinski definition) is 1. The molecular formula is C13H17BrFN. The average Bonchev–Trinajstić information content (AvgIpc) is 2.15. The Morgan fingerprint density at radius 1 is 1.25 bits per heavy atom. The van der Waals surface area contributed by atoms with E-state index in [1.807, 2.05) is 12.1 Å². The third-order valence-corrected chi connectivity index (χ3v) is 3.61. The Morgan fingerprint density at radius 2 is 1.88 bits per heavy atom. The number of piperidine rings is 1. The second kappa shape index (κ2) is 4.74. The van der Waals surface area contributed by atoms with E-state index in [9.17, 15) is 4.39 Å². The smallest absolute Gasteiger partial charge is 0.147 e. The summed E-state index contributed by atoms with van der Waals surface area (Å²) >= 11 is 3.29. The van der Waals surface area contributed by atoms with E-state index in [4.69, 9.17) is 0 Å². The van der Waals surface area contributed by atoms with Crippen LogP contribution >= 0.6 is 15.9 Å². The molecule has 1 aromatic rings. The van der Waals surface area contributed by atoms with Crippen molar-refractivity contribution < 1.29 is 4.39 Å². The quantitative estimate of drug-likeness (QED) is 0.752. The molecule has 16 heavy (non-hydrogen) atoms. The van der Waals surface area contributed by atoms with Crippen LogP contribution in [0.4, 0.5) is 10.1 Å². The van der Waals surface area contributed by atoms with Crippen molar-refractivity contribution in [3.63, 3.8) is 0 Å². The van der Waals surface area contributed by atoms with Crippen LogP contribution in [-0.2, 0) is 0 Å². The Hall–Kier alpha value is -0.570. The standard InChI is InChI=1S/C13H17BrFN/c1-9-5-10(2)8-16(7-9)13-4-3-11(14)6-12(13)15/h3-4,6,9-10H,5,7-8H2,1-2H3/t9-,10+. The van der Waals surface area contributed by atoms with Crippen LogP contribution in [0, 0.1) is 17.7 Å². The van der Waals surface area contributed by atoms with Crippen LogP contribution in [0.2, 0.25) is 0 Å². The number of hydrogen-bond donors (Lipinski definition) is 0. The Labute approximate surface area is 105 Å². The molecule has 1 aliphatic rings. The van der Waals surface area contributed by atoms with E-state index >= 15 is 0 Å². The van der Waals surface area contributed by atoms with Gasteiger partial charge in [0.25, 0.3) is 0 Å². The van der Waals surface area contributed by atoms with Crippen molar-refractivity contribution in [3.8, 4) is 0 Å². The van der Waals surface area contributed by atoms with Crippen molar-refractivity contribution in [2.45, 2.75) is 20.3 Å². The van der Waals surface area contributed by atoms with Crippen LogP contribution < -0.4 is 4.90 Å². The van der Waals surface area contributed by atoms with Gasteiger partial charge in [-0.1, -0.05) is 29.8 Å². The summed E-state index contributed by atoms with van der Waals surface area (Å²) in [6, 6.07) is 5.31. The Bertz CT molecular complexity index is 370. The maximum Gasteiger partial charge on any atom is 0.147 e. The highest BCUT2D eigenvalue weighted by Gasteiger charge is 2.23.